The molecule has 2 aromatic carbocycles. The van der Waals surface area contributed by atoms with Crippen molar-refractivity contribution in [3.05, 3.63) is 65.0 Å². The van der Waals surface area contributed by atoms with Crippen molar-refractivity contribution in [3.8, 4) is 0 Å². The average molecular weight is 384 g/mol. The van der Waals surface area contributed by atoms with Gasteiger partial charge in [-0.2, -0.15) is 0 Å². The van der Waals surface area contributed by atoms with Gasteiger partial charge >= 0.3 is 5.97 Å². The largest absolute Gasteiger partial charge is 0.478 e. The van der Waals surface area contributed by atoms with Crippen LogP contribution >= 0.6 is 0 Å². The van der Waals surface area contributed by atoms with Gasteiger partial charge in [-0.3, -0.25) is 9.59 Å². The zero-order chi connectivity index (χ0) is 20.1. The summed E-state index contributed by atoms with van der Waals surface area (Å²) >= 11 is 0. The Morgan fingerprint density at radius 3 is 2.50 bits per heavy atom. The number of amides is 2. The summed E-state index contributed by atoms with van der Waals surface area (Å²) in [5.74, 6) is -2.73. The molecule has 0 heterocycles. The maximum absolute atomic E-state index is 14.0. The van der Waals surface area contributed by atoms with E-state index >= 15 is 0 Å². The van der Waals surface area contributed by atoms with E-state index < -0.39 is 17.7 Å². The summed E-state index contributed by atoms with van der Waals surface area (Å²) < 4.78 is 14.0. The third-order valence-electron chi connectivity index (χ3n) is 4.83. The zero-order valence-corrected chi connectivity index (χ0v) is 15.2. The van der Waals surface area contributed by atoms with Gasteiger partial charge in [-0.25, -0.2) is 9.18 Å². The highest BCUT2D eigenvalue weighted by atomic mass is 19.1. The second-order valence-electron chi connectivity index (χ2n) is 6.85. The molecule has 1 aliphatic carbocycles. The number of benzene rings is 2. The molecule has 3 rings (SSSR count). The summed E-state index contributed by atoms with van der Waals surface area (Å²) in [6.07, 6.45) is 3.98. The molecule has 0 spiro atoms. The van der Waals surface area contributed by atoms with E-state index in [1.807, 2.05) is 0 Å². The van der Waals surface area contributed by atoms with Gasteiger partial charge in [-0.05, 0) is 48.7 Å². The van der Waals surface area contributed by atoms with Crippen LogP contribution in [-0.2, 0) is 11.3 Å². The van der Waals surface area contributed by atoms with Crippen LogP contribution in [0.2, 0.25) is 0 Å². The van der Waals surface area contributed by atoms with E-state index in [0.29, 0.717) is 5.69 Å². The molecular formula is C21H21FN2O4. The van der Waals surface area contributed by atoms with E-state index in [1.165, 1.54) is 6.07 Å². The minimum absolute atomic E-state index is 0.0132. The van der Waals surface area contributed by atoms with E-state index in [9.17, 15) is 18.8 Å². The molecule has 0 atom stereocenters. The lowest BCUT2D eigenvalue weighted by atomic mass is 10.1. The number of carboxylic acids is 1. The minimum atomic E-state index is -1.26. The Morgan fingerprint density at radius 1 is 1.07 bits per heavy atom. The van der Waals surface area contributed by atoms with E-state index in [-0.39, 0.29) is 29.5 Å². The molecule has 7 heteroatoms. The zero-order valence-electron chi connectivity index (χ0n) is 15.2. The second-order valence-corrected chi connectivity index (χ2v) is 6.85. The average Bonchev–Trinajstić information content (AvgIpc) is 3.21. The Hall–Kier alpha value is -3.22. The Kier molecular flexibility index (Phi) is 6.03. The maximum Gasteiger partial charge on any atom is 0.335 e. The van der Waals surface area contributed by atoms with Crippen LogP contribution in [0, 0.1) is 11.7 Å². The smallest absolute Gasteiger partial charge is 0.335 e. The molecule has 0 unspecified atom stereocenters. The summed E-state index contributed by atoms with van der Waals surface area (Å²) in [6, 6.07) is 10.2. The predicted octanol–water partition coefficient (Wildman–Crippen LogP) is 3.58. The van der Waals surface area contributed by atoms with Gasteiger partial charge in [-0.1, -0.05) is 25.0 Å². The van der Waals surface area contributed by atoms with Gasteiger partial charge in [0.1, 0.15) is 5.82 Å². The molecule has 2 amide bonds. The fourth-order valence-electron chi connectivity index (χ4n) is 3.30. The van der Waals surface area contributed by atoms with E-state index in [2.05, 4.69) is 10.6 Å². The van der Waals surface area contributed by atoms with Gasteiger partial charge in [-0.15, -0.1) is 0 Å². The second kappa shape index (κ2) is 8.65. The standard InChI is InChI=1S/C21H21FN2O4/c22-18-11-15(21(27)28)8-9-17(18)20(26)23-12-13-4-3-7-16(10-13)24-19(25)14-5-1-2-6-14/h3-4,7-11,14H,1-2,5-6,12H2,(H,23,26)(H,24,25)(H,27,28). The van der Waals surface area contributed by atoms with Gasteiger partial charge < -0.3 is 15.7 Å². The van der Waals surface area contributed by atoms with Gasteiger partial charge in [0.2, 0.25) is 5.91 Å². The van der Waals surface area contributed by atoms with Crippen molar-refractivity contribution in [1.82, 2.24) is 5.32 Å². The van der Waals surface area contributed by atoms with Crippen LogP contribution in [0.1, 0.15) is 52.0 Å². The molecule has 1 aliphatic rings. The van der Waals surface area contributed by atoms with Gasteiger partial charge in [0.05, 0.1) is 11.1 Å². The molecule has 0 bridgehead atoms. The number of carboxylic acid groups (broad SMARTS) is 1. The van der Waals surface area contributed by atoms with Crippen molar-refractivity contribution in [2.75, 3.05) is 5.32 Å². The summed E-state index contributed by atoms with van der Waals surface area (Å²) in [4.78, 5) is 35.3. The fourth-order valence-corrected chi connectivity index (χ4v) is 3.30. The van der Waals surface area contributed by atoms with Crippen molar-refractivity contribution >= 4 is 23.5 Å². The van der Waals surface area contributed by atoms with Crippen molar-refractivity contribution in [2.24, 2.45) is 5.92 Å². The topological polar surface area (TPSA) is 95.5 Å². The highest BCUT2D eigenvalue weighted by Crippen LogP contribution is 2.26. The first kappa shape index (κ1) is 19.5. The summed E-state index contributed by atoms with van der Waals surface area (Å²) in [7, 11) is 0. The number of rotatable bonds is 6. The van der Waals surface area contributed by atoms with Gasteiger partial charge in [0, 0.05) is 18.2 Å². The Morgan fingerprint density at radius 2 is 1.82 bits per heavy atom. The normalized spacial score (nSPS) is 13.9. The summed E-state index contributed by atoms with van der Waals surface area (Å²) in [5, 5.41) is 14.4. The number of anilines is 1. The molecule has 3 N–H and O–H groups in total. The molecule has 28 heavy (non-hydrogen) atoms. The van der Waals surface area contributed by atoms with Crippen molar-refractivity contribution in [1.29, 1.82) is 0 Å². The van der Waals surface area contributed by atoms with Crippen LogP contribution in [0.15, 0.2) is 42.5 Å². The first-order valence-corrected chi connectivity index (χ1v) is 9.15. The van der Waals surface area contributed by atoms with E-state index in [1.54, 1.807) is 24.3 Å². The maximum atomic E-state index is 14.0. The fraction of sp³-hybridized carbons (Fsp3) is 0.286. The molecule has 0 radical (unpaired) electrons. The van der Waals surface area contributed by atoms with Crippen molar-refractivity contribution in [2.45, 2.75) is 32.2 Å². The van der Waals surface area contributed by atoms with Crippen molar-refractivity contribution < 1.29 is 23.9 Å². The van der Waals surface area contributed by atoms with Crippen LogP contribution in [0.5, 0.6) is 0 Å². The third kappa shape index (κ3) is 4.73. The van der Waals surface area contributed by atoms with E-state index in [0.717, 1.165) is 43.4 Å². The first-order chi connectivity index (χ1) is 13.4. The number of hydrogen-bond acceptors (Lipinski definition) is 3. The minimum Gasteiger partial charge on any atom is -0.478 e. The van der Waals surface area contributed by atoms with E-state index in [4.69, 9.17) is 5.11 Å². The van der Waals surface area contributed by atoms with Crippen LogP contribution in [-0.4, -0.2) is 22.9 Å². The number of carbonyl (C=O) groups is 3. The molecule has 1 fully saturated rings. The van der Waals surface area contributed by atoms with Gasteiger partial charge in [0.15, 0.2) is 0 Å². The van der Waals surface area contributed by atoms with Crippen molar-refractivity contribution in [3.63, 3.8) is 0 Å². The SMILES string of the molecule is O=C(O)c1ccc(C(=O)NCc2cccc(NC(=O)C3CCCC3)c2)c(F)c1. The number of hydrogen-bond donors (Lipinski definition) is 3. The lowest BCUT2D eigenvalue weighted by molar-refractivity contribution is -0.119. The summed E-state index contributed by atoms with van der Waals surface area (Å²) in [5.41, 5.74) is 0.955. The Bertz CT molecular complexity index is 907. The number of aromatic carboxylic acids is 1. The first-order valence-electron chi connectivity index (χ1n) is 9.15. The number of nitrogens with one attached hydrogen (secondary N) is 2. The monoisotopic (exact) mass is 384 g/mol. The molecule has 0 aliphatic heterocycles. The quantitative estimate of drug-likeness (QED) is 0.709. The van der Waals surface area contributed by atoms with Crippen LogP contribution in [0.25, 0.3) is 0 Å². The number of carbonyl (C=O) groups excluding carboxylic acids is 2. The highest BCUT2D eigenvalue weighted by molar-refractivity contribution is 5.96. The molecule has 1 saturated carbocycles. The Labute approximate surface area is 161 Å². The Balaban J connectivity index is 1.60. The molecule has 0 saturated heterocycles. The third-order valence-corrected chi connectivity index (χ3v) is 4.83. The molecular weight excluding hydrogens is 363 g/mol. The lowest BCUT2D eigenvalue weighted by Crippen LogP contribution is -2.24. The highest BCUT2D eigenvalue weighted by Gasteiger charge is 2.22. The molecule has 146 valence electrons. The van der Waals surface area contributed by atoms with Crippen LogP contribution in [0.3, 0.4) is 0 Å². The van der Waals surface area contributed by atoms with Crippen LogP contribution in [0.4, 0.5) is 10.1 Å². The summed E-state index contributed by atoms with van der Waals surface area (Å²) in [6.45, 7) is 0.145. The number of halogens is 1. The molecule has 0 aromatic heterocycles. The van der Waals surface area contributed by atoms with Gasteiger partial charge in [0.25, 0.3) is 5.91 Å². The predicted molar refractivity (Wildman–Crippen MR) is 102 cm³/mol. The van der Waals surface area contributed by atoms with Crippen LogP contribution < -0.4 is 10.6 Å². The molecule has 6 nitrogen and oxygen atoms in total. The molecule has 2 aromatic rings. The lowest BCUT2D eigenvalue weighted by Gasteiger charge is -2.12.